The fraction of sp³-hybridized carbons (Fsp3) is 0.900. The molecular weight excluding hydrogens is 258 g/mol. The van der Waals surface area contributed by atoms with E-state index in [0.29, 0.717) is 0 Å². The van der Waals surface area contributed by atoms with Crippen LogP contribution in [0.4, 0.5) is 4.79 Å². The van der Waals surface area contributed by atoms with Crippen molar-refractivity contribution in [3.8, 4) is 0 Å². The number of carbonyl (C=O) groups is 1. The van der Waals surface area contributed by atoms with Gasteiger partial charge in [0.2, 0.25) is 0 Å². The van der Waals surface area contributed by atoms with Gasteiger partial charge in [0.25, 0.3) is 0 Å². The van der Waals surface area contributed by atoms with Crippen LogP contribution in [0.3, 0.4) is 0 Å². The molecule has 1 atom stereocenters. The Hall–Kier alpha value is -0.860. The summed E-state index contributed by atoms with van der Waals surface area (Å²) in [6.45, 7) is 5.77. The number of rotatable bonds is 8. The molecule has 0 saturated carbocycles. The van der Waals surface area contributed by atoms with Gasteiger partial charge >= 0.3 is 16.3 Å². The Morgan fingerprint density at radius 3 is 2.28 bits per heavy atom. The molecule has 0 aromatic carbocycles. The normalized spacial score (nSPS) is 13.4. The van der Waals surface area contributed by atoms with Crippen LogP contribution in [-0.2, 0) is 14.9 Å². The maximum atomic E-state index is 11.4. The zero-order chi connectivity index (χ0) is 14.2. The highest BCUT2D eigenvalue weighted by atomic mass is 32.2. The van der Waals surface area contributed by atoms with E-state index in [1.807, 2.05) is 13.8 Å². The number of ether oxygens (including phenoxy) is 1. The van der Waals surface area contributed by atoms with Crippen LogP contribution in [0, 0.1) is 5.92 Å². The minimum absolute atomic E-state index is 0.0844. The molecule has 0 aliphatic heterocycles. The second kappa shape index (κ2) is 8.28. The molecule has 0 aliphatic rings. The quantitative estimate of drug-likeness (QED) is 0.594. The number of hydrogen-bond acceptors (Lipinski definition) is 5. The van der Waals surface area contributed by atoms with Gasteiger partial charge in [0.15, 0.2) is 0 Å². The van der Waals surface area contributed by atoms with Gasteiger partial charge in [-0.1, -0.05) is 26.7 Å². The Labute approximate surface area is 109 Å². The zero-order valence-corrected chi connectivity index (χ0v) is 11.9. The fourth-order valence-electron chi connectivity index (χ4n) is 1.57. The minimum Gasteiger partial charge on any atom is -0.449 e. The lowest BCUT2D eigenvalue weighted by Crippen LogP contribution is -2.47. The first-order valence-electron chi connectivity index (χ1n) is 6.05. The van der Waals surface area contributed by atoms with E-state index in [4.69, 9.17) is 5.73 Å². The maximum Gasteiger partial charge on any atom is 0.421 e. The lowest BCUT2D eigenvalue weighted by atomic mass is 9.95. The average molecular weight is 281 g/mol. The van der Waals surface area contributed by atoms with E-state index in [1.54, 1.807) is 11.6 Å². The number of nitrogens with one attached hydrogen (secondary N) is 2. The van der Waals surface area contributed by atoms with Crippen molar-refractivity contribution in [2.45, 2.75) is 39.7 Å². The smallest absolute Gasteiger partial charge is 0.421 e. The molecule has 0 aromatic rings. The van der Waals surface area contributed by atoms with Crippen LogP contribution >= 0.6 is 0 Å². The van der Waals surface area contributed by atoms with Crippen molar-refractivity contribution in [3.63, 3.8) is 0 Å². The summed E-state index contributed by atoms with van der Waals surface area (Å²) in [5.74, 6) is 0.246. The predicted octanol–water partition coefficient (Wildman–Crippen LogP) is 0.330. The summed E-state index contributed by atoms with van der Waals surface area (Å²) in [6.07, 6.45) is 0.760. The summed E-state index contributed by atoms with van der Waals surface area (Å²) in [5, 5.41) is 0. The van der Waals surface area contributed by atoms with Crippen LogP contribution in [0.15, 0.2) is 0 Å². The minimum atomic E-state index is -3.90. The number of nitrogens with two attached hydrogens (primary N) is 1. The van der Waals surface area contributed by atoms with Gasteiger partial charge in [0.1, 0.15) is 0 Å². The molecule has 0 bridgehead atoms. The van der Waals surface area contributed by atoms with E-state index in [0.717, 1.165) is 12.8 Å². The molecule has 0 aromatic heterocycles. The van der Waals surface area contributed by atoms with E-state index in [1.165, 1.54) is 0 Å². The van der Waals surface area contributed by atoms with Gasteiger partial charge in [-0.15, -0.1) is 0 Å². The van der Waals surface area contributed by atoms with Crippen molar-refractivity contribution in [1.82, 2.24) is 9.44 Å². The van der Waals surface area contributed by atoms with Crippen LogP contribution in [-0.4, -0.2) is 33.7 Å². The lowest BCUT2D eigenvalue weighted by Gasteiger charge is -2.21. The monoisotopic (exact) mass is 281 g/mol. The van der Waals surface area contributed by atoms with E-state index >= 15 is 0 Å². The predicted molar refractivity (Wildman–Crippen MR) is 69.1 cm³/mol. The summed E-state index contributed by atoms with van der Waals surface area (Å²) >= 11 is 0. The van der Waals surface area contributed by atoms with Crippen LogP contribution in [0.2, 0.25) is 0 Å². The van der Waals surface area contributed by atoms with Crippen molar-refractivity contribution < 1.29 is 17.9 Å². The average Bonchev–Trinajstić information content (AvgIpc) is 2.27. The van der Waals surface area contributed by atoms with Gasteiger partial charge in [-0.2, -0.15) is 13.1 Å². The van der Waals surface area contributed by atoms with Gasteiger partial charge < -0.3 is 10.5 Å². The first-order valence-corrected chi connectivity index (χ1v) is 7.54. The van der Waals surface area contributed by atoms with Gasteiger partial charge in [0, 0.05) is 12.6 Å². The molecule has 0 radical (unpaired) electrons. The van der Waals surface area contributed by atoms with Gasteiger partial charge in [-0.05, 0) is 12.8 Å². The fourth-order valence-corrected chi connectivity index (χ4v) is 2.34. The highest BCUT2D eigenvalue weighted by Gasteiger charge is 2.19. The Balaban J connectivity index is 4.22. The summed E-state index contributed by atoms with van der Waals surface area (Å²) in [4.78, 5) is 11.0. The first-order chi connectivity index (χ1) is 8.36. The highest BCUT2D eigenvalue weighted by Crippen LogP contribution is 2.10. The van der Waals surface area contributed by atoms with Crippen LogP contribution in [0.1, 0.15) is 33.6 Å². The van der Waals surface area contributed by atoms with Crippen molar-refractivity contribution in [2.75, 3.05) is 13.2 Å². The number of amides is 1. The molecule has 0 heterocycles. The molecule has 4 N–H and O–H groups in total. The lowest BCUT2D eigenvalue weighted by molar-refractivity contribution is 0.158. The molecule has 108 valence electrons. The highest BCUT2D eigenvalue weighted by molar-refractivity contribution is 7.88. The summed E-state index contributed by atoms with van der Waals surface area (Å²) in [5.41, 5.74) is 5.86. The molecule has 1 unspecified atom stereocenters. The number of carbonyl (C=O) groups excluding carboxylic acids is 1. The molecular formula is C10H23N3O4S. The van der Waals surface area contributed by atoms with Crippen LogP contribution in [0.5, 0.6) is 0 Å². The SMILES string of the molecule is CCOC(=O)NS(=O)(=O)NCC(N)C(CC)CC. The molecule has 0 fully saturated rings. The molecule has 1 amide bonds. The molecule has 0 rings (SSSR count). The summed E-state index contributed by atoms with van der Waals surface area (Å²) < 4.78 is 31.3. The number of hydrogen-bond donors (Lipinski definition) is 3. The van der Waals surface area contributed by atoms with Gasteiger partial charge in [-0.3, -0.25) is 0 Å². The van der Waals surface area contributed by atoms with E-state index in [9.17, 15) is 13.2 Å². The molecule has 0 spiro atoms. The van der Waals surface area contributed by atoms with Crippen molar-refractivity contribution in [3.05, 3.63) is 0 Å². The van der Waals surface area contributed by atoms with E-state index in [-0.39, 0.29) is 25.1 Å². The second-order valence-corrected chi connectivity index (χ2v) is 5.41. The van der Waals surface area contributed by atoms with Crippen molar-refractivity contribution in [2.24, 2.45) is 11.7 Å². The third-order valence-corrected chi connectivity index (χ3v) is 3.64. The molecule has 8 heteroatoms. The summed E-state index contributed by atoms with van der Waals surface area (Å²) in [7, 11) is -3.90. The molecule has 0 saturated heterocycles. The van der Waals surface area contributed by atoms with Crippen molar-refractivity contribution in [1.29, 1.82) is 0 Å². The maximum absolute atomic E-state index is 11.4. The molecule has 7 nitrogen and oxygen atoms in total. The third kappa shape index (κ3) is 6.77. The standard InChI is InChI=1S/C10H23N3O4S/c1-4-8(5-2)9(11)7-12-18(15,16)13-10(14)17-6-3/h8-9,12H,4-7,11H2,1-3H3,(H,13,14). The summed E-state index contributed by atoms with van der Waals surface area (Å²) in [6, 6.07) is -0.279. The van der Waals surface area contributed by atoms with Crippen LogP contribution in [0.25, 0.3) is 0 Å². The van der Waals surface area contributed by atoms with E-state index in [2.05, 4.69) is 9.46 Å². The topological polar surface area (TPSA) is 111 Å². The second-order valence-electron chi connectivity index (χ2n) is 3.91. The molecule has 0 aliphatic carbocycles. The Morgan fingerprint density at radius 1 is 1.28 bits per heavy atom. The zero-order valence-electron chi connectivity index (χ0n) is 11.1. The third-order valence-electron chi connectivity index (χ3n) is 2.66. The van der Waals surface area contributed by atoms with Gasteiger partial charge in [-0.25, -0.2) is 9.52 Å². The van der Waals surface area contributed by atoms with E-state index < -0.39 is 16.3 Å². The first kappa shape index (κ1) is 17.1. The Morgan fingerprint density at radius 2 is 1.83 bits per heavy atom. The molecule has 18 heavy (non-hydrogen) atoms. The Bertz CT molecular complexity index is 341. The van der Waals surface area contributed by atoms with Crippen molar-refractivity contribution >= 4 is 16.3 Å². The Kier molecular flexibility index (Phi) is 7.88. The largest absolute Gasteiger partial charge is 0.449 e. The van der Waals surface area contributed by atoms with Crippen LogP contribution < -0.4 is 15.2 Å². The van der Waals surface area contributed by atoms with Gasteiger partial charge in [0.05, 0.1) is 6.61 Å².